The Morgan fingerprint density at radius 2 is 1.97 bits per heavy atom. The molecule has 0 aromatic carbocycles. The van der Waals surface area contributed by atoms with E-state index in [0.29, 0.717) is 11.5 Å². The summed E-state index contributed by atoms with van der Waals surface area (Å²) in [4.78, 5) is 27.6. The van der Waals surface area contributed by atoms with Gasteiger partial charge in [-0.1, -0.05) is 11.3 Å². The maximum Gasteiger partial charge on any atom is 0.220 e. The molecule has 1 aliphatic rings. The highest BCUT2D eigenvalue weighted by Crippen LogP contribution is 2.38. The average molecular weight is 530 g/mol. The molecule has 0 aliphatic heterocycles. The van der Waals surface area contributed by atoms with Gasteiger partial charge in [0, 0.05) is 43.7 Å². The molecule has 0 radical (unpaired) electrons. The van der Waals surface area contributed by atoms with E-state index in [9.17, 15) is 9.59 Å². The second-order valence-corrected chi connectivity index (χ2v) is 10.3. The number of carbonyl (C=O) groups excluding carboxylic acids is 2. The lowest BCUT2D eigenvalue weighted by atomic mass is 9.86. The standard InChI is InChI=1S/C26H27N9O2S/c1-29-20-11-21(22-7-6-18-10-15(12-27)13-31-35(18)22)30-14-19(20)26-34-33-25(38-26)16-2-4-17(5-3-16)32-24(37)9-8-23(28)36/h6-7,10-11,13-14,16-17H,2-5,8-9H2,1H3,(H2,28,36)(H,29,30)(H,32,37). The van der Waals surface area contributed by atoms with Crippen LogP contribution in [0.1, 0.15) is 55.0 Å². The van der Waals surface area contributed by atoms with Crippen molar-refractivity contribution in [3.63, 3.8) is 0 Å². The number of carbonyl (C=O) groups is 2. The number of fused-ring (bicyclic) bond motifs is 1. The van der Waals surface area contributed by atoms with Gasteiger partial charge in [-0.3, -0.25) is 14.6 Å². The van der Waals surface area contributed by atoms with Gasteiger partial charge in [0.05, 0.1) is 34.2 Å². The van der Waals surface area contributed by atoms with Crippen molar-refractivity contribution in [2.24, 2.45) is 5.73 Å². The third kappa shape index (κ3) is 5.33. The van der Waals surface area contributed by atoms with Gasteiger partial charge in [-0.05, 0) is 49.9 Å². The molecule has 38 heavy (non-hydrogen) atoms. The Bertz CT molecular complexity index is 1530. The molecule has 0 spiro atoms. The Labute approximate surface area is 223 Å². The first-order valence-electron chi connectivity index (χ1n) is 12.4. The summed E-state index contributed by atoms with van der Waals surface area (Å²) in [5.41, 5.74) is 9.78. The minimum Gasteiger partial charge on any atom is -0.387 e. The molecule has 194 valence electrons. The van der Waals surface area contributed by atoms with Gasteiger partial charge >= 0.3 is 0 Å². The summed E-state index contributed by atoms with van der Waals surface area (Å²) >= 11 is 1.57. The van der Waals surface area contributed by atoms with E-state index >= 15 is 0 Å². The number of rotatable bonds is 8. The van der Waals surface area contributed by atoms with Gasteiger partial charge in [0.2, 0.25) is 11.8 Å². The fraction of sp³-hybridized carbons (Fsp3) is 0.346. The van der Waals surface area contributed by atoms with Crippen LogP contribution in [-0.4, -0.2) is 49.7 Å². The van der Waals surface area contributed by atoms with Crippen LogP contribution in [0.25, 0.3) is 27.5 Å². The van der Waals surface area contributed by atoms with E-state index < -0.39 is 5.91 Å². The lowest BCUT2D eigenvalue weighted by Gasteiger charge is -2.27. The van der Waals surface area contributed by atoms with Crippen molar-refractivity contribution in [2.45, 2.75) is 50.5 Å². The van der Waals surface area contributed by atoms with Gasteiger partial charge in [0.1, 0.15) is 11.1 Å². The van der Waals surface area contributed by atoms with Gasteiger partial charge in [-0.25, -0.2) is 4.52 Å². The fourth-order valence-electron chi connectivity index (χ4n) is 4.76. The molecule has 0 bridgehead atoms. The lowest BCUT2D eigenvalue weighted by Crippen LogP contribution is -2.37. The number of anilines is 1. The molecule has 4 N–H and O–H groups in total. The molecule has 12 heteroatoms. The third-order valence-electron chi connectivity index (χ3n) is 6.78. The Hall–Kier alpha value is -4.37. The van der Waals surface area contributed by atoms with E-state index in [0.717, 1.165) is 63.9 Å². The number of pyridine rings is 1. The smallest absolute Gasteiger partial charge is 0.220 e. The number of amides is 2. The molecule has 4 aromatic rings. The summed E-state index contributed by atoms with van der Waals surface area (Å²) in [7, 11) is 1.86. The van der Waals surface area contributed by atoms with E-state index in [1.807, 2.05) is 25.2 Å². The van der Waals surface area contributed by atoms with E-state index in [-0.39, 0.29) is 24.8 Å². The number of hydrogen-bond donors (Lipinski definition) is 3. The van der Waals surface area contributed by atoms with Gasteiger partial charge in [-0.15, -0.1) is 10.2 Å². The molecule has 0 saturated heterocycles. The molecule has 5 rings (SSSR count). The highest BCUT2D eigenvalue weighted by molar-refractivity contribution is 7.14. The quantitative estimate of drug-likeness (QED) is 0.313. The Morgan fingerprint density at radius 3 is 2.71 bits per heavy atom. The molecule has 0 atom stereocenters. The van der Waals surface area contributed by atoms with Gasteiger partial charge in [0.25, 0.3) is 0 Å². The minimum absolute atomic E-state index is 0.0709. The average Bonchev–Trinajstić information content (AvgIpc) is 3.59. The number of hydrogen-bond acceptors (Lipinski definition) is 9. The van der Waals surface area contributed by atoms with Crippen molar-refractivity contribution >= 4 is 34.4 Å². The van der Waals surface area contributed by atoms with Crippen LogP contribution < -0.4 is 16.4 Å². The van der Waals surface area contributed by atoms with Crippen LogP contribution in [0.3, 0.4) is 0 Å². The number of nitrogens with one attached hydrogen (secondary N) is 2. The number of nitrogens with zero attached hydrogens (tertiary/aromatic N) is 6. The van der Waals surface area contributed by atoms with Crippen LogP contribution in [0, 0.1) is 11.3 Å². The highest BCUT2D eigenvalue weighted by Gasteiger charge is 2.26. The van der Waals surface area contributed by atoms with Crippen molar-refractivity contribution in [1.29, 1.82) is 5.26 Å². The summed E-state index contributed by atoms with van der Waals surface area (Å²) in [5.74, 6) is -0.300. The minimum atomic E-state index is -0.465. The number of primary amides is 1. The maximum atomic E-state index is 12.0. The predicted octanol–water partition coefficient (Wildman–Crippen LogP) is 3.24. The van der Waals surface area contributed by atoms with Gasteiger partial charge in [0.15, 0.2) is 5.01 Å². The van der Waals surface area contributed by atoms with Gasteiger partial charge < -0.3 is 16.4 Å². The van der Waals surface area contributed by atoms with E-state index in [2.05, 4.69) is 37.0 Å². The first-order chi connectivity index (χ1) is 18.4. The first kappa shape index (κ1) is 25.3. The number of nitriles is 1. The zero-order valence-electron chi connectivity index (χ0n) is 20.8. The Balaban J connectivity index is 1.28. The first-order valence-corrected chi connectivity index (χ1v) is 13.2. The van der Waals surface area contributed by atoms with E-state index in [1.54, 1.807) is 28.1 Å². The van der Waals surface area contributed by atoms with Crippen molar-refractivity contribution in [3.8, 4) is 28.0 Å². The predicted molar refractivity (Wildman–Crippen MR) is 143 cm³/mol. The van der Waals surface area contributed by atoms with Crippen LogP contribution in [0.4, 0.5) is 5.69 Å². The molecule has 11 nitrogen and oxygen atoms in total. The van der Waals surface area contributed by atoms with E-state index in [1.165, 1.54) is 6.20 Å². The zero-order valence-corrected chi connectivity index (χ0v) is 21.7. The summed E-state index contributed by atoms with van der Waals surface area (Å²) in [6.07, 6.45) is 7.08. The highest BCUT2D eigenvalue weighted by atomic mass is 32.1. The molecule has 1 saturated carbocycles. The molecule has 2 amide bonds. The van der Waals surface area contributed by atoms with Crippen molar-refractivity contribution in [2.75, 3.05) is 12.4 Å². The Morgan fingerprint density at radius 1 is 1.16 bits per heavy atom. The third-order valence-corrected chi connectivity index (χ3v) is 7.90. The topological polar surface area (TPSA) is 164 Å². The zero-order chi connectivity index (χ0) is 26.6. The summed E-state index contributed by atoms with van der Waals surface area (Å²) < 4.78 is 1.77. The number of aromatic nitrogens is 5. The molecular weight excluding hydrogens is 502 g/mol. The summed E-state index contributed by atoms with van der Waals surface area (Å²) in [6, 6.07) is 9.82. The SMILES string of the molecule is CNc1cc(-c2ccc3cc(C#N)cnn23)ncc1-c1nnc(C2CCC(NC(=O)CCC(N)=O)CC2)s1. The second kappa shape index (κ2) is 10.9. The van der Waals surface area contributed by atoms with Crippen molar-refractivity contribution in [3.05, 3.63) is 47.2 Å². The number of nitrogens with two attached hydrogens (primary N) is 1. The summed E-state index contributed by atoms with van der Waals surface area (Å²) in [5, 5.41) is 30.5. The van der Waals surface area contributed by atoms with Crippen LogP contribution in [0.15, 0.2) is 36.7 Å². The van der Waals surface area contributed by atoms with Crippen LogP contribution >= 0.6 is 11.3 Å². The lowest BCUT2D eigenvalue weighted by molar-refractivity contribution is -0.125. The van der Waals surface area contributed by atoms with E-state index in [4.69, 9.17) is 11.0 Å². The maximum absolute atomic E-state index is 12.0. The monoisotopic (exact) mass is 529 g/mol. The molecular formula is C26H27N9O2S. The fourth-order valence-corrected chi connectivity index (χ4v) is 5.79. The van der Waals surface area contributed by atoms with Gasteiger partial charge in [-0.2, -0.15) is 10.4 Å². The van der Waals surface area contributed by atoms with Crippen LogP contribution in [0.5, 0.6) is 0 Å². The molecule has 0 unspecified atom stereocenters. The molecule has 1 fully saturated rings. The molecule has 4 heterocycles. The molecule has 1 aliphatic carbocycles. The van der Waals surface area contributed by atoms with Crippen LogP contribution in [-0.2, 0) is 9.59 Å². The van der Waals surface area contributed by atoms with Crippen LogP contribution in [0.2, 0.25) is 0 Å². The van der Waals surface area contributed by atoms with Crippen molar-refractivity contribution < 1.29 is 9.59 Å². The van der Waals surface area contributed by atoms with Crippen molar-refractivity contribution in [1.82, 2.24) is 30.1 Å². The Kier molecular flexibility index (Phi) is 7.28. The largest absolute Gasteiger partial charge is 0.387 e. The normalized spacial score (nSPS) is 17.2. The second-order valence-electron chi connectivity index (χ2n) is 9.30. The molecule has 4 aromatic heterocycles. The summed E-state index contributed by atoms with van der Waals surface area (Å²) in [6.45, 7) is 0.